The van der Waals surface area contributed by atoms with E-state index in [4.69, 9.17) is 0 Å². The van der Waals surface area contributed by atoms with Crippen molar-refractivity contribution in [3.63, 3.8) is 0 Å². The Kier molecular flexibility index (Phi) is 5.67. The Bertz CT molecular complexity index is 412. The molecule has 1 rings (SSSR count). The number of hydrogen-bond acceptors (Lipinski definition) is 4. The molecule has 0 saturated heterocycles. The first kappa shape index (κ1) is 14.5. The largest absolute Gasteiger partial charge is 0.465 e. The van der Waals surface area contributed by atoms with Crippen LogP contribution in [0.3, 0.4) is 0 Å². The second-order valence-corrected chi connectivity index (χ2v) is 3.62. The number of aliphatic hydroxyl groups is 1. The molecule has 0 aliphatic carbocycles. The van der Waals surface area contributed by atoms with Gasteiger partial charge in [0.05, 0.1) is 19.3 Å². The van der Waals surface area contributed by atoms with E-state index < -0.39 is 23.7 Å². The van der Waals surface area contributed by atoms with Crippen molar-refractivity contribution in [3.8, 4) is 0 Å². The third-order valence-electron chi connectivity index (χ3n) is 2.23. The van der Waals surface area contributed by atoms with E-state index in [2.05, 4.69) is 10.1 Å². The van der Waals surface area contributed by atoms with Crippen molar-refractivity contribution >= 4 is 5.97 Å². The van der Waals surface area contributed by atoms with Gasteiger partial charge >= 0.3 is 5.97 Å². The number of halogens is 2. The summed E-state index contributed by atoms with van der Waals surface area (Å²) in [4.78, 5) is 11.0. The number of benzene rings is 1. The summed E-state index contributed by atoms with van der Waals surface area (Å²) in [6.45, 7) is 1.85. The smallest absolute Gasteiger partial charge is 0.319 e. The van der Waals surface area contributed by atoms with Gasteiger partial charge in [-0.3, -0.25) is 4.79 Å². The van der Waals surface area contributed by atoms with Gasteiger partial charge in [0, 0.05) is 18.2 Å². The van der Waals surface area contributed by atoms with Crippen LogP contribution in [0.25, 0.3) is 0 Å². The Morgan fingerprint density at radius 3 is 2.83 bits per heavy atom. The highest BCUT2D eigenvalue weighted by Crippen LogP contribution is 2.17. The van der Waals surface area contributed by atoms with E-state index in [0.29, 0.717) is 6.07 Å². The van der Waals surface area contributed by atoms with Crippen LogP contribution in [0.2, 0.25) is 0 Å². The maximum atomic E-state index is 13.3. The number of carbonyl (C=O) groups is 1. The van der Waals surface area contributed by atoms with Crippen molar-refractivity contribution in [2.75, 3.05) is 19.7 Å². The van der Waals surface area contributed by atoms with Gasteiger partial charge in [-0.05, 0) is 13.0 Å². The second kappa shape index (κ2) is 7.03. The molecule has 0 saturated carbocycles. The van der Waals surface area contributed by atoms with Crippen LogP contribution in [-0.2, 0) is 9.53 Å². The highest BCUT2D eigenvalue weighted by Gasteiger charge is 2.13. The molecule has 1 unspecified atom stereocenters. The highest BCUT2D eigenvalue weighted by molar-refractivity contribution is 5.71. The lowest BCUT2D eigenvalue weighted by atomic mass is 10.1. The minimum absolute atomic E-state index is 0.0206. The van der Waals surface area contributed by atoms with E-state index in [1.54, 1.807) is 6.92 Å². The standard InChI is InChI=1S/C12H15F2NO3/c1-2-18-12(17)7-15-6-11(16)9-4-3-8(13)5-10(9)14/h3-5,11,15-16H,2,6-7H2,1H3. The zero-order valence-electron chi connectivity index (χ0n) is 9.95. The first-order chi connectivity index (χ1) is 8.54. The van der Waals surface area contributed by atoms with Gasteiger partial charge in [0.2, 0.25) is 0 Å². The van der Waals surface area contributed by atoms with Crippen LogP contribution in [0.15, 0.2) is 18.2 Å². The van der Waals surface area contributed by atoms with Gasteiger partial charge < -0.3 is 15.2 Å². The molecule has 6 heteroatoms. The van der Waals surface area contributed by atoms with Gasteiger partial charge in [-0.15, -0.1) is 0 Å². The number of nitrogens with one attached hydrogen (secondary N) is 1. The predicted molar refractivity (Wildman–Crippen MR) is 60.8 cm³/mol. The Balaban J connectivity index is 2.45. The fourth-order valence-electron chi connectivity index (χ4n) is 1.40. The summed E-state index contributed by atoms with van der Waals surface area (Å²) in [7, 11) is 0. The van der Waals surface area contributed by atoms with Crippen molar-refractivity contribution in [1.82, 2.24) is 5.32 Å². The van der Waals surface area contributed by atoms with Gasteiger partial charge in [-0.25, -0.2) is 8.78 Å². The minimum atomic E-state index is -1.15. The van der Waals surface area contributed by atoms with Crippen LogP contribution in [0.1, 0.15) is 18.6 Å². The molecule has 0 spiro atoms. The van der Waals surface area contributed by atoms with E-state index in [9.17, 15) is 18.7 Å². The van der Waals surface area contributed by atoms with E-state index >= 15 is 0 Å². The zero-order chi connectivity index (χ0) is 13.5. The van der Waals surface area contributed by atoms with E-state index in [1.165, 1.54) is 6.07 Å². The molecule has 0 radical (unpaired) electrons. The molecular weight excluding hydrogens is 244 g/mol. The summed E-state index contributed by atoms with van der Waals surface area (Å²) >= 11 is 0. The monoisotopic (exact) mass is 259 g/mol. The molecule has 1 aromatic carbocycles. The maximum Gasteiger partial charge on any atom is 0.319 e. The van der Waals surface area contributed by atoms with Crippen molar-refractivity contribution in [2.24, 2.45) is 0 Å². The Morgan fingerprint density at radius 2 is 2.22 bits per heavy atom. The summed E-state index contributed by atoms with van der Waals surface area (Å²) in [5.74, 6) is -1.98. The van der Waals surface area contributed by atoms with Gasteiger partial charge in [-0.2, -0.15) is 0 Å². The van der Waals surface area contributed by atoms with Gasteiger partial charge in [0.25, 0.3) is 0 Å². The first-order valence-corrected chi connectivity index (χ1v) is 5.54. The number of ether oxygens (including phenoxy) is 1. The molecular formula is C12H15F2NO3. The second-order valence-electron chi connectivity index (χ2n) is 3.62. The first-order valence-electron chi connectivity index (χ1n) is 5.54. The molecule has 0 amide bonds. The fraction of sp³-hybridized carbons (Fsp3) is 0.417. The fourth-order valence-corrected chi connectivity index (χ4v) is 1.40. The van der Waals surface area contributed by atoms with Crippen LogP contribution >= 0.6 is 0 Å². The summed E-state index contributed by atoms with van der Waals surface area (Å²) < 4.78 is 30.6. The molecule has 0 fully saturated rings. The molecule has 18 heavy (non-hydrogen) atoms. The molecule has 2 N–H and O–H groups in total. The highest BCUT2D eigenvalue weighted by atomic mass is 19.1. The molecule has 0 aromatic heterocycles. The predicted octanol–water partition coefficient (Wildman–Crippen LogP) is 1.15. The third kappa shape index (κ3) is 4.38. The van der Waals surface area contributed by atoms with E-state index in [-0.39, 0.29) is 25.3 Å². The minimum Gasteiger partial charge on any atom is -0.465 e. The SMILES string of the molecule is CCOC(=O)CNCC(O)c1ccc(F)cc1F. The quantitative estimate of drug-likeness (QED) is 0.752. The molecule has 0 bridgehead atoms. The Labute approximate surface area is 104 Å². The molecule has 0 aliphatic heterocycles. The average molecular weight is 259 g/mol. The third-order valence-corrected chi connectivity index (χ3v) is 2.23. The van der Waals surface area contributed by atoms with Gasteiger partial charge in [0.1, 0.15) is 11.6 Å². The van der Waals surface area contributed by atoms with Gasteiger partial charge in [-0.1, -0.05) is 6.07 Å². The summed E-state index contributed by atoms with van der Waals surface area (Å²) in [6.07, 6.45) is -1.15. The normalized spacial score (nSPS) is 12.2. The lowest BCUT2D eigenvalue weighted by molar-refractivity contribution is -0.142. The number of esters is 1. The van der Waals surface area contributed by atoms with Crippen LogP contribution in [0, 0.1) is 11.6 Å². The van der Waals surface area contributed by atoms with Crippen molar-refractivity contribution in [1.29, 1.82) is 0 Å². The number of carbonyl (C=O) groups excluding carboxylic acids is 1. The number of hydrogen-bond donors (Lipinski definition) is 2. The van der Waals surface area contributed by atoms with Crippen molar-refractivity contribution in [3.05, 3.63) is 35.4 Å². The average Bonchev–Trinajstić information content (AvgIpc) is 2.29. The van der Waals surface area contributed by atoms with E-state index in [0.717, 1.165) is 6.07 Å². The molecule has 0 heterocycles. The molecule has 4 nitrogen and oxygen atoms in total. The molecule has 1 aromatic rings. The van der Waals surface area contributed by atoms with Crippen molar-refractivity contribution in [2.45, 2.75) is 13.0 Å². The summed E-state index contributed by atoms with van der Waals surface area (Å²) in [5.41, 5.74) is -0.0206. The Hall–Kier alpha value is -1.53. The summed E-state index contributed by atoms with van der Waals surface area (Å²) in [6, 6.07) is 2.93. The number of aliphatic hydroxyl groups excluding tert-OH is 1. The Morgan fingerprint density at radius 1 is 1.50 bits per heavy atom. The number of rotatable bonds is 6. The topological polar surface area (TPSA) is 58.6 Å². The molecule has 1 atom stereocenters. The maximum absolute atomic E-state index is 13.3. The lowest BCUT2D eigenvalue weighted by Gasteiger charge is -2.12. The molecule has 100 valence electrons. The van der Waals surface area contributed by atoms with Crippen molar-refractivity contribution < 1.29 is 23.4 Å². The zero-order valence-corrected chi connectivity index (χ0v) is 9.95. The molecule has 0 aliphatic rings. The van der Waals surface area contributed by atoms with Crippen LogP contribution < -0.4 is 5.32 Å². The van der Waals surface area contributed by atoms with Crippen LogP contribution in [0.5, 0.6) is 0 Å². The lowest BCUT2D eigenvalue weighted by Crippen LogP contribution is -2.29. The summed E-state index contributed by atoms with van der Waals surface area (Å²) in [5, 5.41) is 12.3. The van der Waals surface area contributed by atoms with E-state index in [1.807, 2.05) is 0 Å². The van der Waals surface area contributed by atoms with Crippen LogP contribution in [0.4, 0.5) is 8.78 Å². The van der Waals surface area contributed by atoms with Crippen LogP contribution in [-0.4, -0.2) is 30.8 Å². The van der Waals surface area contributed by atoms with Gasteiger partial charge in [0.15, 0.2) is 0 Å².